The van der Waals surface area contributed by atoms with Crippen molar-refractivity contribution < 1.29 is 4.74 Å². The van der Waals surface area contributed by atoms with Crippen LogP contribution in [0.4, 0.5) is 0 Å². The molecule has 0 aliphatic carbocycles. The highest BCUT2D eigenvalue weighted by molar-refractivity contribution is 9.11. The Labute approximate surface area is 103 Å². The molecular formula is C12H11BrN2O. The van der Waals surface area contributed by atoms with Crippen LogP contribution in [-0.4, -0.2) is 16.2 Å². The van der Waals surface area contributed by atoms with Crippen LogP contribution in [0.2, 0.25) is 0 Å². The summed E-state index contributed by atoms with van der Waals surface area (Å²) in [6, 6.07) is 7.80. The summed E-state index contributed by atoms with van der Waals surface area (Å²) in [5, 5.41) is 0. The van der Waals surface area contributed by atoms with Gasteiger partial charge in [0.15, 0.2) is 0 Å². The number of rotatable bonds is 4. The Balaban J connectivity index is 2.27. The molecule has 0 N–H and O–H groups in total. The van der Waals surface area contributed by atoms with Crippen LogP contribution < -0.4 is 4.74 Å². The van der Waals surface area contributed by atoms with Gasteiger partial charge in [0.05, 0.1) is 12.0 Å². The van der Waals surface area contributed by atoms with Gasteiger partial charge in [0.25, 0.3) is 0 Å². The van der Waals surface area contributed by atoms with E-state index < -0.39 is 0 Å². The fraction of sp³-hybridized carbons (Fsp3) is 0.0833. The molecule has 3 nitrogen and oxygen atoms in total. The van der Waals surface area contributed by atoms with Crippen molar-refractivity contribution in [3.8, 4) is 11.4 Å². The molecule has 0 saturated carbocycles. The lowest BCUT2D eigenvalue weighted by Crippen LogP contribution is -2.00. The van der Waals surface area contributed by atoms with Crippen LogP contribution in [0.1, 0.15) is 0 Å². The van der Waals surface area contributed by atoms with Crippen LogP contribution in [0.15, 0.2) is 54.0 Å². The Morgan fingerprint density at radius 2 is 2.25 bits per heavy atom. The van der Waals surface area contributed by atoms with Crippen molar-refractivity contribution in [2.45, 2.75) is 0 Å². The molecule has 0 atom stereocenters. The molecule has 0 bridgehead atoms. The van der Waals surface area contributed by atoms with Gasteiger partial charge in [-0.2, -0.15) is 0 Å². The van der Waals surface area contributed by atoms with Crippen LogP contribution in [0.25, 0.3) is 5.69 Å². The van der Waals surface area contributed by atoms with E-state index in [9.17, 15) is 0 Å². The van der Waals surface area contributed by atoms with Crippen molar-refractivity contribution in [2.24, 2.45) is 0 Å². The second-order valence-electron chi connectivity index (χ2n) is 3.24. The third-order valence-electron chi connectivity index (χ3n) is 2.03. The van der Waals surface area contributed by atoms with Crippen molar-refractivity contribution >= 4 is 15.9 Å². The number of halogens is 1. The topological polar surface area (TPSA) is 27.1 Å². The van der Waals surface area contributed by atoms with Gasteiger partial charge in [-0.05, 0) is 12.1 Å². The summed E-state index contributed by atoms with van der Waals surface area (Å²) in [4.78, 5) is 4.02. The van der Waals surface area contributed by atoms with Crippen LogP contribution in [0.5, 0.6) is 5.75 Å². The Morgan fingerprint density at radius 1 is 1.44 bits per heavy atom. The number of ether oxygens (including phenoxy) is 1. The molecule has 4 heteroatoms. The van der Waals surface area contributed by atoms with E-state index in [1.54, 1.807) is 12.5 Å². The molecule has 0 amide bonds. The van der Waals surface area contributed by atoms with E-state index in [1.807, 2.05) is 35.0 Å². The number of benzene rings is 1. The molecule has 82 valence electrons. The van der Waals surface area contributed by atoms with Gasteiger partial charge in [0.1, 0.15) is 12.4 Å². The second kappa shape index (κ2) is 4.99. The van der Waals surface area contributed by atoms with Gasteiger partial charge in [0.2, 0.25) is 0 Å². The van der Waals surface area contributed by atoms with Crippen LogP contribution in [-0.2, 0) is 0 Å². The third-order valence-corrected chi connectivity index (χ3v) is 2.26. The zero-order chi connectivity index (χ0) is 11.4. The summed E-state index contributed by atoms with van der Waals surface area (Å²) in [6.07, 6.45) is 5.36. The van der Waals surface area contributed by atoms with Crippen molar-refractivity contribution in [3.05, 3.63) is 54.0 Å². The van der Waals surface area contributed by atoms with Crippen molar-refractivity contribution in [2.75, 3.05) is 6.61 Å². The Hall–Kier alpha value is -1.55. The molecule has 0 spiro atoms. The van der Waals surface area contributed by atoms with Gasteiger partial charge in [0, 0.05) is 16.9 Å². The minimum absolute atomic E-state index is 0.450. The summed E-state index contributed by atoms with van der Waals surface area (Å²) < 4.78 is 8.35. The third kappa shape index (κ3) is 2.52. The summed E-state index contributed by atoms with van der Waals surface area (Å²) in [7, 11) is 0. The van der Waals surface area contributed by atoms with E-state index in [1.165, 1.54) is 0 Å². The summed E-state index contributed by atoms with van der Waals surface area (Å²) in [5.41, 5.74) is 0.966. The molecule has 0 aliphatic rings. The van der Waals surface area contributed by atoms with E-state index in [0.29, 0.717) is 6.61 Å². The Kier molecular flexibility index (Phi) is 3.41. The van der Waals surface area contributed by atoms with E-state index in [4.69, 9.17) is 4.74 Å². The van der Waals surface area contributed by atoms with E-state index >= 15 is 0 Å². The first-order valence-electron chi connectivity index (χ1n) is 4.81. The number of nitrogens with zero attached hydrogens (tertiary/aromatic N) is 2. The number of aromatic nitrogens is 2. The lowest BCUT2D eigenvalue weighted by Gasteiger charge is -2.10. The predicted molar refractivity (Wildman–Crippen MR) is 67.1 cm³/mol. The normalized spacial score (nSPS) is 10.1. The van der Waals surface area contributed by atoms with Gasteiger partial charge in [-0.25, -0.2) is 4.98 Å². The number of imidazole rings is 1. The van der Waals surface area contributed by atoms with Gasteiger partial charge in [-0.3, -0.25) is 0 Å². The molecule has 0 fully saturated rings. The van der Waals surface area contributed by atoms with E-state index in [2.05, 4.69) is 27.5 Å². The van der Waals surface area contributed by atoms with Crippen LogP contribution >= 0.6 is 15.9 Å². The van der Waals surface area contributed by atoms with Crippen molar-refractivity contribution in [1.82, 2.24) is 9.55 Å². The average molecular weight is 279 g/mol. The fourth-order valence-corrected chi connectivity index (χ4v) is 1.46. The predicted octanol–water partition coefficient (Wildman–Crippen LogP) is 3.16. The first-order valence-corrected chi connectivity index (χ1v) is 5.60. The number of hydrogen-bond donors (Lipinski definition) is 0. The molecule has 2 aromatic rings. The maximum Gasteiger partial charge on any atom is 0.143 e. The van der Waals surface area contributed by atoms with Gasteiger partial charge in [-0.15, -0.1) is 0 Å². The first kappa shape index (κ1) is 11.0. The fourth-order valence-electron chi connectivity index (χ4n) is 1.35. The summed E-state index contributed by atoms with van der Waals surface area (Å²) >= 11 is 3.27. The summed E-state index contributed by atoms with van der Waals surface area (Å²) in [6.45, 7) is 4.19. The SMILES string of the molecule is C=C(Br)COc1ccccc1-n1ccnc1. The quantitative estimate of drug-likeness (QED) is 0.859. The molecule has 0 aliphatic heterocycles. The number of para-hydroxylation sites is 2. The van der Waals surface area contributed by atoms with Gasteiger partial charge < -0.3 is 9.30 Å². The summed E-state index contributed by atoms with van der Waals surface area (Å²) in [5.74, 6) is 0.807. The van der Waals surface area contributed by atoms with E-state index in [-0.39, 0.29) is 0 Å². The monoisotopic (exact) mass is 278 g/mol. The molecule has 1 aromatic carbocycles. The van der Waals surface area contributed by atoms with Crippen LogP contribution in [0, 0.1) is 0 Å². The van der Waals surface area contributed by atoms with Gasteiger partial charge in [-0.1, -0.05) is 34.6 Å². The first-order chi connectivity index (χ1) is 7.77. The highest BCUT2D eigenvalue weighted by Gasteiger charge is 2.04. The van der Waals surface area contributed by atoms with Gasteiger partial charge >= 0.3 is 0 Å². The zero-order valence-electron chi connectivity index (χ0n) is 8.64. The lowest BCUT2D eigenvalue weighted by atomic mass is 10.3. The molecule has 0 radical (unpaired) electrons. The minimum Gasteiger partial charge on any atom is -0.486 e. The smallest absolute Gasteiger partial charge is 0.143 e. The van der Waals surface area contributed by atoms with E-state index in [0.717, 1.165) is 15.9 Å². The lowest BCUT2D eigenvalue weighted by molar-refractivity contribution is 0.359. The molecule has 1 heterocycles. The largest absolute Gasteiger partial charge is 0.486 e. The maximum absolute atomic E-state index is 5.63. The molecule has 0 unspecified atom stereocenters. The Bertz CT molecular complexity index is 480. The molecular weight excluding hydrogens is 268 g/mol. The molecule has 2 rings (SSSR count). The second-order valence-corrected chi connectivity index (χ2v) is 4.37. The van der Waals surface area contributed by atoms with Crippen molar-refractivity contribution in [1.29, 1.82) is 0 Å². The number of hydrogen-bond acceptors (Lipinski definition) is 2. The average Bonchev–Trinajstić information content (AvgIpc) is 2.80. The minimum atomic E-state index is 0.450. The molecule has 0 saturated heterocycles. The Morgan fingerprint density at radius 3 is 2.94 bits per heavy atom. The van der Waals surface area contributed by atoms with Crippen molar-refractivity contribution in [3.63, 3.8) is 0 Å². The highest BCUT2D eigenvalue weighted by Crippen LogP contribution is 2.22. The molecule has 1 aromatic heterocycles. The zero-order valence-corrected chi connectivity index (χ0v) is 10.2. The highest BCUT2D eigenvalue weighted by atomic mass is 79.9. The standard InChI is InChI=1S/C12H11BrN2O/c1-10(13)8-16-12-5-3-2-4-11(12)15-7-6-14-9-15/h2-7,9H,1,8H2. The van der Waals surface area contributed by atoms with Crippen LogP contribution in [0.3, 0.4) is 0 Å². The maximum atomic E-state index is 5.63. The molecule has 16 heavy (non-hydrogen) atoms.